The lowest BCUT2D eigenvalue weighted by atomic mass is 10.2. The van der Waals surface area contributed by atoms with E-state index in [0.29, 0.717) is 22.2 Å². The van der Waals surface area contributed by atoms with Crippen molar-refractivity contribution >= 4 is 35.2 Å². The Labute approximate surface area is 161 Å². The molecule has 0 aliphatic heterocycles. The third kappa shape index (κ3) is 4.86. The van der Waals surface area contributed by atoms with Crippen LogP contribution in [-0.2, 0) is 4.79 Å². The van der Waals surface area contributed by atoms with Crippen molar-refractivity contribution in [2.45, 2.75) is 6.92 Å². The monoisotopic (exact) mass is 380 g/mol. The van der Waals surface area contributed by atoms with Crippen LogP contribution in [0.2, 0.25) is 5.02 Å². The van der Waals surface area contributed by atoms with Gasteiger partial charge in [0.25, 0.3) is 11.8 Å². The van der Waals surface area contributed by atoms with Crippen molar-refractivity contribution in [2.75, 3.05) is 5.32 Å². The van der Waals surface area contributed by atoms with Crippen molar-refractivity contribution in [3.8, 4) is 0 Å². The molecule has 0 atom stereocenters. The summed E-state index contributed by atoms with van der Waals surface area (Å²) in [7, 11) is 0. The van der Waals surface area contributed by atoms with Crippen molar-refractivity contribution in [1.29, 1.82) is 0 Å². The first-order valence-electron chi connectivity index (χ1n) is 8.23. The van der Waals surface area contributed by atoms with Gasteiger partial charge in [-0.1, -0.05) is 41.9 Å². The summed E-state index contributed by atoms with van der Waals surface area (Å²) in [4.78, 5) is 25.3. The normalized spacial score (nSPS) is 11.1. The zero-order valence-electron chi connectivity index (χ0n) is 14.5. The Balaban J connectivity index is 1.88. The number of carbonyl (C=O) groups is 2. The van der Waals surface area contributed by atoms with Crippen LogP contribution >= 0.6 is 11.6 Å². The van der Waals surface area contributed by atoms with Crippen LogP contribution in [0.1, 0.15) is 21.9 Å². The fraction of sp³-hybridized carbons (Fsp3) is 0.0476. The first-order valence-corrected chi connectivity index (χ1v) is 8.61. The van der Waals surface area contributed by atoms with E-state index in [1.807, 2.05) is 6.07 Å². The van der Waals surface area contributed by atoms with Crippen molar-refractivity contribution in [3.63, 3.8) is 0 Å². The van der Waals surface area contributed by atoms with Gasteiger partial charge in [0, 0.05) is 11.8 Å². The van der Waals surface area contributed by atoms with Gasteiger partial charge in [-0.25, -0.2) is 0 Å². The molecule has 0 radical (unpaired) electrons. The molecular formula is C21H17ClN2O3. The smallest absolute Gasteiger partial charge is 0.272 e. The highest BCUT2D eigenvalue weighted by Crippen LogP contribution is 2.17. The van der Waals surface area contributed by atoms with E-state index >= 15 is 0 Å². The minimum Gasteiger partial charge on any atom is -0.462 e. The van der Waals surface area contributed by atoms with Crippen molar-refractivity contribution < 1.29 is 14.0 Å². The standard InChI is InChI=1S/C21H17ClN2O3/c1-14-11-12-16(27-14)13-19(21(26)23-15-7-3-2-4-8-15)24-20(25)17-9-5-6-10-18(17)22/h2-13H,1H3,(H,23,26)(H,24,25). The highest BCUT2D eigenvalue weighted by molar-refractivity contribution is 6.34. The van der Waals surface area contributed by atoms with Crippen LogP contribution in [0.3, 0.4) is 0 Å². The topological polar surface area (TPSA) is 71.3 Å². The lowest BCUT2D eigenvalue weighted by molar-refractivity contribution is -0.113. The van der Waals surface area contributed by atoms with E-state index in [-0.39, 0.29) is 11.3 Å². The van der Waals surface area contributed by atoms with Crippen molar-refractivity contribution in [2.24, 2.45) is 0 Å². The van der Waals surface area contributed by atoms with Crippen LogP contribution in [0.4, 0.5) is 5.69 Å². The minimum absolute atomic E-state index is 0.0399. The molecular weight excluding hydrogens is 364 g/mol. The molecule has 0 fully saturated rings. The molecule has 0 saturated heterocycles. The Morgan fingerprint density at radius 3 is 2.33 bits per heavy atom. The molecule has 3 rings (SSSR count). The molecule has 0 saturated carbocycles. The lowest BCUT2D eigenvalue weighted by Gasteiger charge is -2.11. The third-order valence-electron chi connectivity index (χ3n) is 3.69. The van der Waals surface area contributed by atoms with Crippen LogP contribution in [0.25, 0.3) is 6.08 Å². The second-order valence-electron chi connectivity index (χ2n) is 5.76. The van der Waals surface area contributed by atoms with Crippen LogP contribution in [0, 0.1) is 6.92 Å². The number of rotatable bonds is 5. The summed E-state index contributed by atoms with van der Waals surface area (Å²) in [6, 6.07) is 19.1. The molecule has 2 N–H and O–H groups in total. The van der Waals surface area contributed by atoms with E-state index in [2.05, 4.69) is 10.6 Å². The average Bonchev–Trinajstić information content (AvgIpc) is 3.07. The Morgan fingerprint density at radius 2 is 1.67 bits per heavy atom. The number of benzene rings is 2. The zero-order valence-corrected chi connectivity index (χ0v) is 15.3. The summed E-state index contributed by atoms with van der Waals surface area (Å²) in [5.41, 5.74) is 0.919. The first-order chi connectivity index (χ1) is 13.0. The molecule has 1 aromatic heterocycles. The van der Waals surface area contributed by atoms with Gasteiger partial charge in [0.15, 0.2) is 0 Å². The minimum atomic E-state index is -0.488. The molecule has 2 aromatic carbocycles. The van der Waals surface area contributed by atoms with Crippen molar-refractivity contribution in [3.05, 3.63) is 94.5 Å². The Bertz CT molecular complexity index is 993. The van der Waals surface area contributed by atoms with E-state index in [4.69, 9.17) is 16.0 Å². The highest BCUT2D eigenvalue weighted by atomic mass is 35.5. The Hall–Kier alpha value is -3.31. The van der Waals surface area contributed by atoms with Crippen LogP contribution in [0.5, 0.6) is 0 Å². The molecule has 3 aromatic rings. The predicted molar refractivity (Wildman–Crippen MR) is 105 cm³/mol. The molecule has 136 valence electrons. The molecule has 2 amide bonds. The second kappa shape index (κ2) is 8.38. The first kappa shape index (κ1) is 18.5. The Kier molecular flexibility index (Phi) is 5.74. The molecule has 0 aliphatic carbocycles. The average molecular weight is 381 g/mol. The fourth-order valence-electron chi connectivity index (χ4n) is 2.39. The zero-order chi connectivity index (χ0) is 19.2. The summed E-state index contributed by atoms with van der Waals surface area (Å²) in [6.07, 6.45) is 1.47. The molecule has 1 heterocycles. The number of halogens is 1. The number of hydrogen-bond acceptors (Lipinski definition) is 3. The summed E-state index contributed by atoms with van der Waals surface area (Å²) in [5.74, 6) is 0.181. The second-order valence-corrected chi connectivity index (χ2v) is 6.17. The van der Waals surface area contributed by atoms with Gasteiger partial charge in [0.05, 0.1) is 10.6 Å². The van der Waals surface area contributed by atoms with Gasteiger partial charge in [-0.3, -0.25) is 9.59 Å². The third-order valence-corrected chi connectivity index (χ3v) is 4.02. The maximum Gasteiger partial charge on any atom is 0.272 e. The van der Waals surface area contributed by atoms with Gasteiger partial charge < -0.3 is 15.1 Å². The van der Waals surface area contributed by atoms with E-state index in [1.165, 1.54) is 6.08 Å². The van der Waals surface area contributed by atoms with Crippen LogP contribution in [-0.4, -0.2) is 11.8 Å². The number of para-hydroxylation sites is 1. The van der Waals surface area contributed by atoms with Crippen LogP contribution in [0.15, 0.2) is 76.8 Å². The van der Waals surface area contributed by atoms with Gasteiger partial charge in [0.2, 0.25) is 0 Å². The predicted octanol–water partition coefficient (Wildman–Crippen LogP) is 4.65. The summed E-state index contributed by atoms with van der Waals surface area (Å²) < 4.78 is 5.49. The number of amides is 2. The molecule has 0 aliphatic rings. The molecule has 27 heavy (non-hydrogen) atoms. The molecule has 0 spiro atoms. The van der Waals surface area contributed by atoms with E-state index < -0.39 is 11.8 Å². The molecule has 6 heteroatoms. The number of furan rings is 1. The van der Waals surface area contributed by atoms with Gasteiger partial charge in [-0.15, -0.1) is 0 Å². The van der Waals surface area contributed by atoms with Gasteiger partial charge in [0.1, 0.15) is 17.2 Å². The van der Waals surface area contributed by atoms with E-state index in [0.717, 1.165) is 0 Å². The maximum atomic E-state index is 12.7. The summed E-state index contributed by atoms with van der Waals surface area (Å²) >= 11 is 6.08. The highest BCUT2D eigenvalue weighted by Gasteiger charge is 2.17. The molecule has 5 nitrogen and oxygen atoms in total. The summed E-state index contributed by atoms with van der Waals surface area (Å²) in [5, 5.41) is 5.66. The van der Waals surface area contributed by atoms with Crippen LogP contribution < -0.4 is 10.6 Å². The Morgan fingerprint density at radius 1 is 0.963 bits per heavy atom. The van der Waals surface area contributed by atoms with Gasteiger partial charge in [-0.05, 0) is 43.3 Å². The fourth-order valence-corrected chi connectivity index (χ4v) is 2.61. The van der Waals surface area contributed by atoms with Gasteiger partial charge in [-0.2, -0.15) is 0 Å². The largest absolute Gasteiger partial charge is 0.462 e. The summed E-state index contributed by atoms with van der Waals surface area (Å²) in [6.45, 7) is 1.80. The SMILES string of the molecule is Cc1ccc(C=C(NC(=O)c2ccccc2Cl)C(=O)Nc2ccccc2)o1. The molecule has 0 bridgehead atoms. The number of carbonyl (C=O) groups excluding carboxylic acids is 2. The number of anilines is 1. The molecule has 0 unspecified atom stereocenters. The quantitative estimate of drug-likeness (QED) is 0.633. The van der Waals surface area contributed by atoms with Gasteiger partial charge >= 0.3 is 0 Å². The van der Waals surface area contributed by atoms with E-state index in [9.17, 15) is 9.59 Å². The van der Waals surface area contributed by atoms with E-state index in [1.54, 1.807) is 67.6 Å². The lowest BCUT2D eigenvalue weighted by Crippen LogP contribution is -2.30. The number of nitrogens with one attached hydrogen (secondary N) is 2. The number of aryl methyl sites for hydroxylation is 1. The number of hydrogen-bond donors (Lipinski definition) is 2. The van der Waals surface area contributed by atoms with Crippen molar-refractivity contribution in [1.82, 2.24) is 5.32 Å². The maximum absolute atomic E-state index is 12.7.